The van der Waals surface area contributed by atoms with Crippen LogP contribution in [-0.4, -0.2) is 53.6 Å². The molecule has 11 nitrogen and oxygen atoms in total. The lowest BCUT2D eigenvalue weighted by molar-refractivity contribution is -0.149. The molecule has 1 aromatic carbocycles. The van der Waals surface area contributed by atoms with Crippen LogP contribution in [0.3, 0.4) is 0 Å². The van der Waals surface area contributed by atoms with Crippen LogP contribution >= 0.6 is 0 Å². The van der Waals surface area contributed by atoms with Crippen molar-refractivity contribution >= 4 is 29.5 Å². The highest BCUT2D eigenvalue weighted by Gasteiger charge is 2.28. The number of nitrogens with two attached hydrogens (primary N) is 1. The van der Waals surface area contributed by atoms with E-state index >= 15 is 0 Å². The lowest BCUT2D eigenvalue weighted by atomic mass is 10.0. The van der Waals surface area contributed by atoms with Crippen LogP contribution in [0.4, 0.5) is 10.5 Å². The molecule has 1 rings (SSSR count). The molecule has 0 aliphatic heterocycles. The minimum atomic E-state index is -0.923. The van der Waals surface area contributed by atoms with Crippen molar-refractivity contribution in [3.8, 4) is 5.75 Å². The number of carbonyl (C=O) groups is 4. The molecule has 1 unspecified atom stereocenters. The molecule has 0 saturated heterocycles. The average Bonchev–Trinajstić information content (AvgIpc) is 2.83. The fourth-order valence-electron chi connectivity index (χ4n) is 3.43. The Hall–Kier alpha value is -3.34. The van der Waals surface area contributed by atoms with E-state index in [1.807, 2.05) is 34.6 Å². The van der Waals surface area contributed by atoms with Crippen molar-refractivity contribution in [2.45, 2.75) is 85.5 Å². The summed E-state index contributed by atoms with van der Waals surface area (Å²) in [6.07, 6.45) is 1.28. The summed E-state index contributed by atoms with van der Waals surface area (Å²) in [6, 6.07) is 2.49. The number of primary amides is 1. The smallest absolute Gasteiger partial charge is 0.312 e. The van der Waals surface area contributed by atoms with Crippen molar-refractivity contribution in [1.82, 2.24) is 16.0 Å². The number of nitrogens with one attached hydrogen (secondary N) is 4. The van der Waals surface area contributed by atoms with Crippen molar-refractivity contribution in [3.63, 3.8) is 0 Å². The average molecular weight is 522 g/mol. The Balaban J connectivity index is 2.94. The number of phenolic OH excluding ortho intramolecular Hbond substituents is 1. The van der Waals surface area contributed by atoms with Crippen LogP contribution in [0.25, 0.3) is 0 Å². The Bertz CT molecular complexity index is 921. The summed E-state index contributed by atoms with van der Waals surface area (Å²) in [7, 11) is 0. The lowest BCUT2D eigenvalue weighted by Crippen LogP contribution is -2.54. The van der Waals surface area contributed by atoms with E-state index < -0.39 is 24.0 Å². The van der Waals surface area contributed by atoms with Crippen LogP contribution < -0.4 is 27.0 Å². The first-order valence-electron chi connectivity index (χ1n) is 12.7. The Labute approximate surface area is 219 Å². The molecule has 4 amide bonds. The number of carbonyl (C=O) groups excluding carboxylic acids is 4. The van der Waals surface area contributed by atoms with Gasteiger partial charge in [-0.1, -0.05) is 47.6 Å². The van der Waals surface area contributed by atoms with E-state index in [2.05, 4.69) is 21.3 Å². The van der Waals surface area contributed by atoms with Crippen LogP contribution in [-0.2, 0) is 25.7 Å². The third kappa shape index (κ3) is 11.5. The molecule has 208 valence electrons. The molecule has 0 aliphatic carbocycles. The summed E-state index contributed by atoms with van der Waals surface area (Å²) in [6.45, 7) is 11.6. The van der Waals surface area contributed by atoms with E-state index in [1.165, 1.54) is 12.1 Å². The number of urea groups is 1. The molecule has 0 heterocycles. The molecular weight excluding hydrogens is 478 g/mol. The minimum absolute atomic E-state index is 0.00402. The first-order valence-corrected chi connectivity index (χ1v) is 12.7. The molecular formula is C26H43N5O6. The highest BCUT2D eigenvalue weighted by atomic mass is 16.5. The van der Waals surface area contributed by atoms with Gasteiger partial charge in [0.1, 0.15) is 18.4 Å². The Morgan fingerprint density at radius 2 is 1.73 bits per heavy atom. The van der Waals surface area contributed by atoms with Crippen molar-refractivity contribution in [1.29, 1.82) is 0 Å². The summed E-state index contributed by atoms with van der Waals surface area (Å²) < 4.78 is 5.25. The molecule has 0 aromatic heterocycles. The number of benzene rings is 1. The minimum Gasteiger partial charge on any atom is -0.506 e. The standard InChI is InChI=1S/C26H43N5O6/c1-7-17(6)25(35)37-14-18-10-11-19(21(32)13-18)30-23(33)20(9-8-12-28-26(27)36)31-24(34)22(15(2)3)29-16(4)5/h10-11,13,15-17,20,22,29,32H,7-9,12,14H2,1-6H3,(H,30,33)(H,31,34)(H3,27,28,36)/t17?,20-,22-/m1/s1. The zero-order valence-corrected chi connectivity index (χ0v) is 22.7. The van der Waals surface area contributed by atoms with E-state index in [-0.39, 0.29) is 60.8 Å². The fourth-order valence-corrected chi connectivity index (χ4v) is 3.43. The highest BCUT2D eigenvalue weighted by Crippen LogP contribution is 2.25. The van der Waals surface area contributed by atoms with Gasteiger partial charge < -0.3 is 36.8 Å². The van der Waals surface area contributed by atoms with Crippen LogP contribution in [0.1, 0.15) is 66.4 Å². The van der Waals surface area contributed by atoms with Gasteiger partial charge in [0.2, 0.25) is 11.8 Å². The molecule has 37 heavy (non-hydrogen) atoms. The number of aromatic hydroxyl groups is 1. The zero-order chi connectivity index (χ0) is 28.1. The number of esters is 1. The molecule has 0 fully saturated rings. The summed E-state index contributed by atoms with van der Waals surface area (Å²) in [4.78, 5) is 49.0. The molecule has 0 bridgehead atoms. The predicted molar refractivity (Wildman–Crippen MR) is 142 cm³/mol. The summed E-state index contributed by atoms with van der Waals surface area (Å²) in [5.74, 6) is -1.61. The van der Waals surface area contributed by atoms with E-state index in [1.54, 1.807) is 13.0 Å². The maximum atomic E-state index is 13.1. The number of ether oxygens (including phenoxy) is 1. The van der Waals surface area contributed by atoms with Gasteiger partial charge in [0.15, 0.2) is 0 Å². The number of phenols is 1. The number of anilines is 1. The van der Waals surface area contributed by atoms with Crippen LogP contribution in [0.15, 0.2) is 18.2 Å². The van der Waals surface area contributed by atoms with Crippen LogP contribution in [0.2, 0.25) is 0 Å². The molecule has 7 N–H and O–H groups in total. The number of hydrogen-bond donors (Lipinski definition) is 6. The quantitative estimate of drug-likeness (QED) is 0.117. The van der Waals surface area contributed by atoms with E-state index in [0.717, 1.165) is 0 Å². The second-order valence-corrected chi connectivity index (χ2v) is 9.80. The first kappa shape index (κ1) is 31.7. The third-order valence-electron chi connectivity index (χ3n) is 5.78. The number of hydrogen-bond acceptors (Lipinski definition) is 7. The van der Waals surface area contributed by atoms with Crippen molar-refractivity contribution in [2.75, 3.05) is 11.9 Å². The Morgan fingerprint density at radius 1 is 1.05 bits per heavy atom. The number of rotatable bonds is 15. The van der Waals surface area contributed by atoms with Gasteiger partial charge in [-0.15, -0.1) is 0 Å². The molecule has 0 aliphatic rings. The van der Waals surface area contributed by atoms with Gasteiger partial charge in [-0.05, 0) is 42.9 Å². The predicted octanol–water partition coefficient (Wildman–Crippen LogP) is 2.38. The van der Waals surface area contributed by atoms with Gasteiger partial charge in [0.05, 0.1) is 17.6 Å². The lowest BCUT2D eigenvalue weighted by Gasteiger charge is -2.27. The van der Waals surface area contributed by atoms with E-state index in [0.29, 0.717) is 18.4 Å². The van der Waals surface area contributed by atoms with E-state index in [9.17, 15) is 24.3 Å². The van der Waals surface area contributed by atoms with Gasteiger partial charge in [-0.25, -0.2) is 4.79 Å². The zero-order valence-electron chi connectivity index (χ0n) is 22.7. The first-order chi connectivity index (χ1) is 17.3. The second kappa shape index (κ2) is 15.7. The summed E-state index contributed by atoms with van der Waals surface area (Å²) in [5, 5.41) is 21.6. The van der Waals surface area contributed by atoms with Gasteiger partial charge in [-0.3, -0.25) is 14.4 Å². The third-order valence-corrected chi connectivity index (χ3v) is 5.78. The topological polar surface area (TPSA) is 172 Å². The highest BCUT2D eigenvalue weighted by molar-refractivity contribution is 5.98. The molecule has 3 atom stereocenters. The van der Waals surface area contributed by atoms with E-state index in [4.69, 9.17) is 10.5 Å². The van der Waals surface area contributed by atoms with Crippen molar-refractivity contribution in [2.24, 2.45) is 17.6 Å². The maximum Gasteiger partial charge on any atom is 0.312 e. The molecule has 11 heteroatoms. The maximum absolute atomic E-state index is 13.1. The van der Waals surface area contributed by atoms with Crippen LogP contribution in [0.5, 0.6) is 5.75 Å². The Kier molecular flexibility index (Phi) is 13.4. The molecule has 1 aromatic rings. The molecule has 0 radical (unpaired) electrons. The molecule has 0 saturated carbocycles. The summed E-state index contributed by atoms with van der Waals surface area (Å²) in [5.41, 5.74) is 5.81. The summed E-state index contributed by atoms with van der Waals surface area (Å²) >= 11 is 0. The second-order valence-electron chi connectivity index (χ2n) is 9.80. The van der Waals surface area contributed by atoms with Gasteiger partial charge in [0, 0.05) is 12.6 Å². The normalized spacial score (nSPS) is 13.5. The fraction of sp³-hybridized carbons (Fsp3) is 0.615. The largest absolute Gasteiger partial charge is 0.506 e. The Morgan fingerprint density at radius 3 is 2.27 bits per heavy atom. The SMILES string of the molecule is CCC(C)C(=O)OCc1ccc(NC(=O)[C@@H](CCCNC(N)=O)NC(=O)[C@H](NC(C)C)C(C)C)c(O)c1. The van der Waals surface area contributed by atoms with Gasteiger partial charge in [0.25, 0.3) is 0 Å². The molecule has 0 spiro atoms. The van der Waals surface area contributed by atoms with Gasteiger partial charge >= 0.3 is 12.0 Å². The van der Waals surface area contributed by atoms with Crippen LogP contribution in [0, 0.1) is 11.8 Å². The number of amides is 4. The van der Waals surface area contributed by atoms with Crippen molar-refractivity contribution in [3.05, 3.63) is 23.8 Å². The monoisotopic (exact) mass is 521 g/mol. The van der Waals surface area contributed by atoms with Crippen molar-refractivity contribution < 1.29 is 29.0 Å². The van der Waals surface area contributed by atoms with Gasteiger partial charge in [-0.2, -0.15) is 0 Å².